The van der Waals surface area contributed by atoms with Gasteiger partial charge in [-0.25, -0.2) is 0 Å². The fourth-order valence-electron chi connectivity index (χ4n) is 3.75. The fraction of sp³-hybridized carbons (Fsp3) is 0. The van der Waals surface area contributed by atoms with Crippen molar-refractivity contribution in [3.63, 3.8) is 0 Å². The van der Waals surface area contributed by atoms with Gasteiger partial charge in [0.15, 0.2) is 0 Å². The van der Waals surface area contributed by atoms with Crippen molar-refractivity contribution in [2.45, 2.75) is 0 Å². The number of benzene rings is 5. The second kappa shape index (κ2) is 9.75. The molecule has 0 atom stereocenters. The average Bonchev–Trinajstić information content (AvgIpc) is 2.87. The third-order valence-corrected chi connectivity index (χ3v) is 5.24. The maximum Gasteiger partial charge on any atom is 0.129 e. The van der Waals surface area contributed by atoms with E-state index in [1.165, 1.54) is 0 Å². The number of anilines is 5. The largest absolute Gasteiger partial charge is 0.457 e. The molecule has 33 heavy (non-hydrogen) atoms. The Morgan fingerprint density at radius 3 is 1.55 bits per heavy atom. The van der Waals surface area contributed by atoms with Gasteiger partial charge in [0.25, 0.3) is 0 Å². The summed E-state index contributed by atoms with van der Waals surface area (Å²) in [7, 11) is 0. The Hall–Kier alpha value is -4.50. The number of hydrogen-bond donors (Lipinski definition) is 1. The highest BCUT2D eigenvalue weighted by Crippen LogP contribution is 2.36. The van der Waals surface area contributed by atoms with Gasteiger partial charge in [0.2, 0.25) is 0 Å². The molecule has 0 spiro atoms. The van der Waals surface area contributed by atoms with E-state index < -0.39 is 0 Å². The second-order valence-corrected chi connectivity index (χ2v) is 7.62. The zero-order valence-corrected chi connectivity index (χ0v) is 18.1. The minimum absolute atomic E-state index is 0.777. The van der Waals surface area contributed by atoms with Crippen LogP contribution in [0.2, 0.25) is 0 Å². The van der Waals surface area contributed by atoms with Crippen LogP contribution in [0.25, 0.3) is 0 Å². The molecule has 0 aliphatic rings. The van der Waals surface area contributed by atoms with E-state index in [0.717, 1.165) is 39.9 Å². The van der Waals surface area contributed by atoms with Crippen molar-refractivity contribution in [1.82, 2.24) is 0 Å². The quantitative estimate of drug-likeness (QED) is 0.280. The SMILES string of the molecule is c1ccc(Nc2cccc(Oc3cccc(N(c4ccccc4)c4ccccc4)c3)c2)cc1. The molecule has 0 saturated heterocycles. The number of nitrogens with zero attached hydrogens (tertiary/aromatic N) is 1. The lowest BCUT2D eigenvalue weighted by molar-refractivity contribution is 0.483. The monoisotopic (exact) mass is 428 g/mol. The van der Waals surface area contributed by atoms with Crippen LogP contribution in [-0.4, -0.2) is 0 Å². The van der Waals surface area contributed by atoms with Gasteiger partial charge in [-0.3, -0.25) is 0 Å². The van der Waals surface area contributed by atoms with Gasteiger partial charge in [-0.2, -0.15) is 0 Å². The average molecular weight is 429 g/mol. The standard InChI is InChI=1S/C30H24N2O/c1-4-12-24(13-5-1)31-25-14-10-20-29(22-25)33-30-21-11-19-28(23-30)32(26-15-6-2-7-16-26)27-17-8-3-9-18-27/h1-23,31H. The maximum absolute atomic E-state index is 6.25. The van der Waals surface area contributed by atoms with E-state index >= 15 is 0 Å². The summed E-state index contributed by atoms with van der Waals surface area (Å²) >= 11 is 0. The van der Waals surface area contributed by atoms with Crippen LogP contribution in [-0.2, 0) is 0 Å². The minimum Gasteiger partial charge on any atom is -0.457 e. The van der Waals surface area contributed by atoms with Gasteiger partial charge >= 0.3 is 0 Å². The van der Waals surface area contributed by atoms with Crippen molar-refractivity contribution in [1.29, 1.82) is 0 Å². The van der Waals surface area contributed by atoms with Gasteiger partial charge in [0, 0.05) is 40.6 Å². The van der Waals surface area contributed by atoms with Gasteiger partial charge in [-0.15, -0.1) is 0 Å². The van der Waals surface area contributed by atoms with Crippen LogP contribution < -0.4 is 15.0 Å². The Morgan fingerprint density at radius 2 is 0.909 bits per heavy atom. The van der Waals surface area contributed by atoms with Crippen molar-refractivity contribution in [3.05, 3.63) is 140 Å². The Morgan fingerprint density at radius 1 is 0.424 bits per heavy atom. The normalized spacial score (nSPS) is 10.4. The maximum atomic E-state index is 6.25. The molecule has 0 aliphatic carbocycles. The molecule has 5 aromatic rings. The highest BCUT2D eigenvalue weighted by Gasteiger charge is 2.12. The molecule has 0 radical (unpaired) electrons. The zero-order chi connectivity index (χ0) is 22.3. The molecule has 0 bridgehead atoms. The van der Waals surface area contributed by atoms with Gasteiger partial charge in [-0.1, -0.05) is 66.7 Å². The summed E-state index contributed by atoms with van der Waals surface area (Å²) in [5.41, 5.74) is 5.23. The molecule has 0 unspecified atom stereocenters. The van der Waals surface area contributed by atoms with E-state index in [4.69, 9.17) is 4.74 Å². The number of para-hydroxylation sites is 3. The zero-order valence-electron chi connectivity index (χ0n) is 18.1. The Balaban J connectivity index is 1.42. The van der Waals surface area contributed by atoms with Crippen LogP contribution >= 0.6 is 0 Å². The topological polar surface area (TPSA) is 24.5 Å². The molecule has 3 nitrogen and oxygen atoms in total. The van der Waals surface area contributed by atoms with Crippen molar-refractivity contribution in [2.24, 2.45) is 0 Å². The summed E-state index contributed by atoms with van der Waals surface area (Å²) in [5, 5.41) is 3.41. The first-order chi connectivity index (χ1) is 16.3. The first kappa shape index (κ1) is 20.4. The predicted octanol–water partition coefficient (Wildman–Crippen LogP) is 8.69. The number of rotatable bonds is 7. The van der Waals surface area contributed by atoms with Gasteiger partial charge < -0.3 is 15.0 Å². The van der Waals surface area contributed by atoms with E-state index in [1.807, 2.05) is 78.9 Å². The molecule has 0 amide bonds. The van der Waals surface area contributed by atoms with E-state index in [-0.39, 0.29) is 0 Å². The third-order valence-electron chi connectivity index (χ3n) is 5.24. The summed E-state index contributed by atoms with van der Waals surface area (Å²) in [6.07, 6.45) is 0. The van der Waals surface area contributed by atoms with Crippen LogP contribution in [0.5, 0.6) is 11.5 Å². The molecule has 0 heterocycles. The summed E-state index contributed by atoms with van der Waals surface area (Å²) in [5.74, 6) is 1.56. The van der Waals surface area contributed by atoms with Crippen LogP contribution in [0, 0.1) is 0 Å². The van der Waals surface area contributed by atoms with Crippen molar-refractivity contribution < 1.29 is 4.74 Å². The molecule has 0 aromatic heterocycles. The number of ether oxygens (including phenoxy) is 1. The lowest BCUT2D eigenvalue weighted by Crippen LogP contribution is -2.09. The van der Waals surface area contributed by atoms with Crippen LogP contribution in [0.1, 0.15) is 0 Å². The molecule has 5 rings (SSSR count). The smallest absolute Gasteiger partial charge is 0.129 e. The van der Waals surface area contributed by atoms with Crippen LogP contribution in [0.4, 0.5) is 28.4 Å². The molecule has 0 aliphatic heterocycles. The van der Waals surface area contributed by atoms with E-state index in [1.54, 1.807) is 0 Å². The summed E-state index contributed by atoms with van der Waals surface area (Å²) < 4.78 is 6.25. The first-order valence-corrected chi connectivity index (χ1v) is 11.0. The summed E-state index contributed by atoms with van der Waals surface area (Å²) in [4.78, 5) is 2.22. The number of nitrogens with one attached hydrogen (secondary N) is 1. The predicted molar refractivity (Wildman–Crippen MR) is 137 cm³/mol. The van der Waals surface area contributed by atoms with Crippen molar-refractivity contribution in [3.8, 4) is 11.5 Å². The fourth-order valence-corrected chi connectivity index (χ4v) is 3.75. The van der Waals surface area contributed by atoms with Crippen molar-refractivity contribution in [2.75, 3.05) is 10.2 Å². The summed E-state index contributed by atoms with van der Waals surface area (Å²) in [6.45, 7) is 0. The lowest BCUT2D eigenvalue weighted by atomic mass is 10.2. The lowest BCUT2D eigenvalue weighted by Gasteiger charge is -2.25. The molecule has 5 aromatic carbocycles. The van der Waals surface area contributed by atoms with Gasteiger partial charge in [-0.05, 0) is 60.7 Å². The minimum atomic E-state index is 0.777. The highest BCUT2D eigenvalue weighted by molar-refractivity contribution is 5.77. The van der Waals surface area contributed by atoms with E-state index in [9.17, 15) is 0 Å². The molecule has 0 fully saturated rings. The molecule has 0 saturated carbocycles. The van der Waals surface area contributed by atoms with Crippen LogP contribution in [0.15, 0.2) is 140 Å². The third kappa shape index (κ3) is 5.05. The summed E-state index contributed by atoms with van der Waals surface area (Å²) in [6, 6.07) is 47.0. The Labute approximate surface area is 194 Å². The van der Waals surface area contributed by atoms with Crippen LogP contribution in [0.3, 0.4) is 0 Å². The second-order valence-electron chi connectivity index (χ2n) is 7.62. The van der Waals surface area contributed by atoms with Crippen molar-refractivity contribution >= 4 is 28.4 Å². The van der Waals surface area contributed by atoms with Gasteiger partial charge in [0.1, 0.15) is 11.5 Å². The molecule has 1 N–H and O–H groups in total. The highest BCUT2D eigenvalue weighted by atomic mass is 16.5. The van der Waals surface area contributed by atoms with E-state index in [2.05, 4.69) is 70.9 Å². The number of hydrogen-bond acceptors (Lipinski definition) is 3. The molecule has 3 heteroatoms. The Bertz CT molecular complexity index is 1270. The molecule has 160 valence electrons. The van der Waals surface area contributed by atoms with E-state index in [0.29, 0.717) is 0 Å². The molecular formula is C30H24N2O. The Kier molecular flexibility index (Phi) is 6.03. The molecular weight excluding hydrogens is 404 g/mol. The van der Waals surface area contributed by atoms with Gasteiger partial charge in [0.05, 0.1) is 0 Å². The first-order valence-electron chi connectivity index (χ1n) is 11.0.